The maximum Gasteiger partial charge on any atom is -0.00150 e. The molecule has 3 atom stereocenters. The van der Waals surface area contributed by atoms with Crippen LogP contribution in [0.3, 0.4) is 0 Å². The number of piperidine rings is 1. The van der Waals surface area contributed by atoms with Crippen LogP contribution in [-0.4, -0.2) is 13.1 Å². The molecule has 1 heterocycles. The summed E-state index contributed by atoms with van der Waals surface area (Å²) in [6, 6.07) is 9.30. The van der Waals surface area contributed by atoms with E-state index in [1.807, 2.05) is 0 Å². The number of benzene rings is 1. The third-order valence-corrected chi connectivity index (χ3v) is 6.96. The van der Waals surface area contributed by atoms with Crippen LogP contribution in [0.5, 0.6) is 0 Å². The van der Waals surface area contributed by atoms with Gasteiger partial charge in [-0.15, -0.1) is 0 Å². The average molecular weight is 283 g/mol. The van der Waals surface area contributed by atoms with Gasteiger partial charge in [0, 0.05) is 0 Å². The Kier molecular flexibility index (Phi) is 3.57. The normalized spacial score (nSPS) is 38.2. The molecule has 1 heteroatoms. The minimum Gasteiger partial charge on any atom is -0.316 e. The highest BCUT2D eigenvalue weighted by Crippen LogP contribution is 2.60. The van der Waals surface area contributed by atoms with Gasteiger partial charge in [0.05, 0.1) is 0 Å². The lowest BCUT2D eigenvalue weighted by Gasteiger charge is -2.49. The maximum absolute atomic E-state index is 3.70. The van der Waals surface area contributed by atoms with Gasteiger partial charge in [-0.05, 0) is 85.9 Å². The van der Waals surface area contributed by atoms with Crippen LogP contribution < -0.4 is 5.32 Å². The highest BCUT2D eigenvalue weighted by Gasteiger charge is 2.55. The SMILES string of the molecule is CCCC1CNCCC12C1CCC2Cc2ccccc2C1. The van der Waals surface area contributed by atoms with Crippen molar-refractivity contribution < 1.29 is 0 Å². The van der Waals surface area contributed by atoms with E-state index in [2.05, 4.69) is 36.5 Å². The largest absolute Gasteiger partial charge is 0.316 e. The van der Waals surface area contributed by atoms with Gasteiger partial charge in [0.25, 0.3) is 0 Å². The van der Waals surface area contributed by atoms with Crippen LogP contribution in [-0.2, 0) is 12.8 Å². The minimum atomic E-state index is 0.653. The van der Waals surface area contributed by atoms with E-state index in [9.17, 15) is 0 Å². The van der Waals surface area contributed by atoms with Gasteiger partial charge in [0.1, 0.15) is 0 Å². The molecule has 1 aromatic carbocycles. The van der Waals surface area contributed by atoms with Gasteiger partial charge in [-0.2, -0.15) is 0 Å². The minimum absolute atomic E-state index is 0.653. The number of hydrogen-bond acceptors (Lipinski definition) is 1. The van der Waals surface area contributed by atoms with Crippen LogP contribution >= 0.6 is 0 Å². The van der Waals surface area contributed by atoms with E-state index < -0.39 is 0 Å². The van der Waals surface area contributed by atoms with Crippen LogP contribution in [0, 0.1) is 23.2 Å². The Morgan fingerprint density at radius 3 is 2.38 bits per heavy atom. The van der Waals surface area contributed by atoms with E-state index in [4.69, 9.17) is 0 Å². The summed E-state index contributed by atoms with van der Waals surface area (Å²) in [6.45, 7) is 4.90. The number of hydrogen-bond donors (Lipinski definition) is 1. The summed E-state index contributed by atoms with van der Waals surface area (Å²) in [6.07, 6.45) is 9.88. The molecule has 3 aliphatic rings. The van der Waals surface area contributed by atoms with Crippen molar-refractivity contribution in [3.8, 4) is 0 Å². The smallest absolute Gasteiger partial charge is 0.00150 e. The molecule has 1 saturated heterocycles. The molecular weight excluding hydrogens is 254 g/mol. The molecule has 2 bridgehead atoms. The van der Waals surface area contributed by atoms with Gasteiger partial charge in [-0.1, -0.05) is 37.6 Å². The van der Waals surface area contributed by atoms with Crippen molar-refractivity contribution in [1.29, 1.82) is 0 Å². The fourth-order valence-electron chi connectivity index (χ4n) is 6.11. The molecule has 0 amide bonds. The van der Waals surface area contributed by atoms with Crippen LogP contribution in [0.2, 0.25) is 0 Å². The Hall–Kier alpha value is -0.820. The van der Waals surface area contributed by atoms with Gasteiger partial charge in [-0.3, -0.25) is 0 Å². The maximum atomic E-state index is 3.70. The molecule has 1 aromatic rings. The van der Waals surface area contributed by atoms with E-state index in [1.165, 1.54) is 58.0 Å². The zero-order valence-electron chi connectivity index (χ0n) is 13.4. The van der Waals surface area contributed by atoms with E-state index in [-0.39, 0.29) is 0 Å². The topological polar surface area (TPSA) is 12.0 Å². The number of nitrogens with one attached hydrogen (secondary N) is 1. The lowest BCUT2D eigenvalue weighted by molar-refractivity contribution is 0.0120. The predicted octanol–water partition coefficient (Wildman–Crippen LogP) is 4.21. The first kappa shape index (κ1) is 13.8. The van der Waals surface area contributed by atoms with Crippen molar-refractivity contribution in [2.75, 3.05) is 13.1 Å². The van der Waals surface area contributed by atoms with Crippen molar-refractivity contribution in [3.05, 3.63) is 35.4 Å². The monoisotopic (exact) mass is 283 g/mol. The van der Waals surface area contributed by atoms with Crippen molar-refractivity contribution in [2.24, 2.45) is 23.2 Å². The van der Waals surface area contributed by atoms with E-state index in [0.717, 1.165) is 17.8 Å². The highest BCUT2D eigenvalue weighted by atomic mass is 14.9. The fourth-order valence-corrected chi connectivity index (χ4v) is 6.11. The summed E-state index contributed by atoms with van der Waals surface area (Å²) >= 11 is 0. The van der Waals surface area contributed by atoms with Crippen molar-refractivity contribution in [2.45, 2.75) is 51.9 Å². The van der Waals surface area contributed by atoms with E-state index in [0.29, 0.717) is 5.41 Å². The predicted molar refractivity (Wildman–Crippen MR) is 88.4 cm³/mol. The molecule has 1 N–H and O–H groups in total. The first-order valence-corrected chi connectivity index (χ1v) is 9.12. The second kappa shape index (κ2) is 5.43. The zero-order chi connectivity index (χ0) is 14.3. The molecule has 1 spiro atoms. The van der Waals surface area contributed by atoms with Gasteiger partial charge >= 0.3 is 0 Å². The van der Waals surface area contributed by atoms with Gasteiger partial charge in [0.15, 0.2) is 0 Å². The molecule has 4 rings (SSSR count). The van der Waals surface area contributed by atoms with Gasteiger partial charge < -0.3 is 5.32 Å². The molecule has 0 radical (unpaired) electrons. The first-order valence-electron chi connectivity index (χ1n) is 9.12. The Bertz CT molecular complexity index is 471. The molecule has 3 unspecified atom stereocenters. The van der Waals surface area contributed by atoms with Gasteiger partial charge in [-0.25, -0.2) is 0 Å². The molecule has 1 saturated carbocycles. The summed E-state index contributed by atoms with van der Waals surface area (Å²) in [7, 11) is 0. The van der Waals surface area contributed by atoms with E-state index >= 15 is 0 Å². The molecule has 21 heavy (non-hydrogen) atoms. The highest BCUT2D eigenvalue weighted by molar-refractivity contribution is 5.31. The number of rotatable bonds is 2. The van der Waals surface area contributed by atoms with Gasteiger partial charge in [0.2, 0.25) is 0 Å². The molecule has 2 fully saturated rings. The third kappa shape index (κ3) is 2.08. The van der Waals surface area contributed by atoms with Crippen LogP contribution in [0.15, 0.2) is 24.3 Å². The summed E-state index contributed by atoms with van der Waals surface area (Å²) < 4.78 is 0. The van der Waals surface area contributed by atoms with Crippen molar-refractivity contribution >= 4 is 0 Å². The summed E-state index contributed by atoms with van der Waals surface area (Å²) in [4.78, 5) is 0. The van der Waals surface area contributed by atoms with Crippen LogP contribution in [0.25, 0.3) is 0 Å². The Labute approximate surface area is 129 Å². The lowest BCUT2D eigenvalue weighted by atomic mass is 9.58. The second-order valence-electron chi connectivity index (χ2n) is 7.70. The average Bonchev–Trinajstić information content (AvgIpc) is 2.74. The molecule has 0 aromatic heterocycles. The lowest BCUT2D eigenvalue weighted by Crippen LogP contribution is -2.50. The van der Waals surface area contributed by atoms with Crippen LogP contribution in [0.4, 0.5) is 0 Å². The standard InChI is InChI=1S/C20H29N/c1-2-5-19-14-21-11-10-20(19)17-8-9-18(20)13-16-7-4-3-6-15(16)12-17/h3-4,6-7,17-19,21H,2,5,8-14H2,1H3. The summed E-state index contributed by atoms with van der Waals surface area (Å²) in [5, 5.41) is 3.70. The molecule has 2 aliphatic carbocycles. The Balaban J connectivity index is 1.73. The van der Waals surface area contributed by atoms with Crippen molar-refractivity contribution in [3.63, 3.8) is 0 Å². The fraction of sp³-hybridized carbons (Fsp3) is 0.700. The number of fused-ring (bicyclic) bond motifs is 1. The third-order valence-electron chi connectivity index (χ3n) is 6.96. The second-order valence-corrected chi connectivity index (χ2v) is 7.70. The quantitative estimate of drug-likeness (QED) is 0.857. The summed E-state index contributed by atoms with van der Waals surface area (Å²) in [5.74, 6) is 2.82. The Morgan fingerprint density at radius 2 is 1.76 bits per heavy atom. The molecule has 1 nitrogen and oxygen atoms in total. The molecular formula is C20H29N. The summed E-state index contributed by atoms with van der Waals surface area (Å²) in [5.41, 5.74) is 3.98. The molecule has 1 aliphatic heterocycles. The molecule has 114 valence electrons. The Morgan fingerprint density at radius 1 is 1.10 bits per heavy atom. The van der Waals surface area contributed by atoms with Crippen molar-refractivity contribution in [1.82, 2.24) is 5.32 Å². The van der Waals surface area contributed by atoms with E-state index in [1.54, 1.807) is 11.1 Å². The first-order chi connectivity index (χ1) is 10.3. The zero-order valence-corrected chi connectivity index (χ0v) is 13.4. The van der Waals surface area contributed by atoms with Crippen LogP contribution in [0.1, 0.15) is 50.2 Å².